The molecule has 2 aromatic carbocycles. The highest BCUT2D eigenvalue weighted by molar-refractivity contribution is 9.10. The molecule has 98 valence electrons. The number of hydrogen-bond donors (Lipinski definition) is 1. The second kappa shape index (κ2) is 5.89. The quantitative estimate of drug-likeness (QED) is 0.849. The number of hydrogen-bond acceptors (Lipinski definition) is 1. The maximum Gasteiger partial charge on any atom is 0.0220 e. The topological polar surface area (TPSA) is 12.0 Å². The van der Waals surface area contributed by atoms with E-state index in [-0.39, 0.29) is 0 Å². The molecule has 0 spiro atoms. The van der Waals surface area contributed by atoms with E-state index in [0.717, 1.165) is 19.0 Å². The first-order chi connectivity index (χ1) is 9.34. The number of rotatable bonds is 5. The second-order valence-corrected chi connectivity index (χ2v) is 6.02. The van der Waals surface area contributed by atoms with Gasteiger partial charge in [-0.1, -0.05) is 58.4 Å². The molecule has 0 bridgehead atoms. The summed E-state index contributed by atoms with van der Waals surface area (Å²) in [6.07, 6.45) is 2.72. The van der Waals surface area contributed by atoms with Gasteiger partial charge in [-0.2, -0.15) is 0 Å². The van der Waals surface area contributed by atoms with Crippen LogP contribution in [0.1, 0.15) is 35.4 Å². The first kappa shape index (κ1) is 12.9. The SMILES string of the molecule is Brc1ccccc1CNCc1ccccc1C1CC1. The monoisotopic (exact) mass is 315 g/mol. The Morgan fingerprint density at radius 3 is 2.26 bits per heavy atom. The minimum absolute atomic E-state index is 0.821. The standard InChI is InChI=1S/C17H18BrN/c18-17-8-4-2-6-15(17)12-19-11-14-5-1-3-7-16(14)13-9-10-13/h1-8,13,19H,9-12H2. The Bertz CT molecular complexity index is 561. The predicted octanol–water partition coefficient (Wildman–Crippen LogP) is 4.62. The lowest BCUT2D eigenvalue weighted by Crippen LogP contribution is -2.14. The van der Waals surface area contributed by atoms with E-state index in [1.54, 1.807) is 5.56 Å². The maximum atomic E-state index is 3.59. The molecule has 0 atom stereocenters. The Morgan fingerprint density at radius 2 is 1.53 bits per heavy atom. The van der Waals surface area contributed by atoms with Gasteiger partial charge < -0.3 is 5.32 Å². The molecule has 0 amide bonds. The third-order valence-electron chi connectivity index (χ3n) is 3.66. The van der Waals surface area contributed by atoms with Gasteiger partial charge in [-0.05, 0) is 41.5 Å². The van der Waals surface area contributed by atoms with E-state index in [4.69, 9.17) is 0 Å². The van der Waals surface area contributed by atoms with Gasteiger partial charge in [0, 0.05) is 17.6 Å². The average molecular weight is 316 g/mol. The Morgan fingerprint density at radius 1 is 0.895 bits per heavy atom. The Hall–Kier alpha value is -1.12. The zero-order valence-electron chi connectivity index (χ0n) is 10.9. The summed E-state index contributed by atoms with van der Waals surface area (Å²) < 4.78 is 1.18. The first-order valence-corrected chi connectivity index (χ1v) is 7.66. The average Bonchev–Trinajstić information content (AvgIpc) is 3.26. The molecule has 2 aromatic rings. The van der Waals surface area contributed by atoms with Crippen LogP contribution < -0.4 is 5.32 Å². The zero-order valence-corrected chi connectivity index (χ0v) is 12.5. The van der Waals surface area contributed by atoms with Crippen LogP contribution in [-0.2, 0) is 13.1 Å². The van der Waals surface area contributed by atoms with E-state index >= 15 is 0 Å². The smallest absolute Gasteiger partial charge is 0.0220 e. The van der Waals surface area contributed by atoms with Gasteiger partial charge in [0.15, 0.2) is 0 Å². The van der Waals surface area contributed by atoms with Crippen molar-refractivity contribution in [1.29, 1.82) is 0 Å². The number of nitrogens with one attached hydrogen (secondary N) is 1. The van der Waals surface area contributed by atoms with Crippen LogP contribution in [0.3, 0.4) is 0 Å². The van der Waals surface area contributed by atoms with Crippen molar-refractivity contribution in [1.82, 2.24) is 5.32 Å². The van der Waals surface area contributed by atoms with Crippen molar-refractivity contribution in [3.63, 3.8) is 0 Å². The molecule has 1 N–H and O–H groups in total. The van der Waals surface area contributed by atoms with Gasteiger partial charge >= 0.3 is 0 Å². The van der Waals surface area contributed by atoms with Crippen molar-refractivity contribution < 1.29 is 0 Å². The molecular weight excluding hydrogens is 298 g/mol. The van der Waals surface area contributed by atoms with Gasteiger partial charge in [0.25, 0.3) is 0 Å². The fourth-order valence-electron chi connectivity index (χ4n) is 2.46. The van der Waals surface area contributed by atoms with Crippen LogP contribution in [0.5, 0.6) is 0 Å². The Kier molecular flexibility index (Phi) is 4.00. The minimum Gasteiger partial charge on any atom is -0.309 e. The lowest BCUT2D eigenvalue weighted by atomic mass is 10.0. The van der Waals surface area contributed by atoms with Gasteiger partial charge in [0.1, 0.15) is 0 Å². The minimum atomic E-state index is 0.821. The Balaban J connectivity index is 1.62. The fraction of sp³-hybridized carbons (Fsp3) is 0.294. The van der Waals surface area contributed by atoms with Crippen LogP contribution in [0.2, 0.25) is 0 Å². The van der Waals surface area contributed by atoms with E-state index in [1.807, 2.05) is 0 Å². The van der Waals surface area contributed by atoms with Crippen molar-refractivity contribution >= 4 is 15.9 Å². The number of halogens is 1. The zero-order chi connectivity index (χ0) is 13.1. The summed E-state index contributed by atoms with van der Waals surface area (Å²) in [5, 5.41) is 3.55. The van der Waals surface area contributed by atoms with Gasteiger partial charge in [-0.15, -0.1) is 0 Å². The molecule has 0 heterocycles. The van der Waals surface area contributed by atoms with Crippen molar-refractivity contribution in [2.45, 2.75) is 31.8 Å². The summed E-state index contributed by atoms with van der Waals surface area (Å²) in [6, 6.07) is 17.2. The summed E-state index contributed by atoms with van der Waals surface area (Å²) in [5.41, 5.74) is 4.31. The summed E-state index contributed by atoms with van der Waals surface area (Å²) in [5.74, 6) is 0.821. The molecular formula is C17H18BrN. The molecule has 3 rings (SSSR count). The van der Waals surface area contributed by atoms with E-state index in [2.05, 4.69) is 69.8 Å². The molecule has 1 nitrogen and oxygen atoms in total. The molecule has 1 saturated carbocycles. The van der Waals surface area contributed by atoms with E-state index in [9.17, 15) is 0 Å². The molecule has 0 aromatic heterocycles. The summed E-state index contributed by atoms with van der Waals surface area (Å²) in [7, 11) is 0. The van der Waals surface area contributed by atoms with Crippen molar-refractivity contribution in [2.75, 3.05) is 0 Å². The molecule has 1 fully saturated rings. The molecule has 0 saturated heterocycles. The van der Waals surface area contributed by atoms with Gasteiger partial charge in [0.2, 0.25) is 0 Å². The fourth-order valence-corrected chi connectivity index (χ4v) is 2.89. The molecule has 1 aliphatic rings. The van der Waals surface area contributed by atoms with Crippen LogP contribution in [-0.4, -0.2) is 0 Å². The molecule has 2 heteroatoms. The largest absolute Gasteiger partial charge is 0.309 e. The lowest BCUT2D eigenvalue weighted by molar-refractivity contribution is 0.686. The lowest BCUT2D eigenvalue weighted by Gasteiger charge is -2.10. The van der Waals surface area contributed by atoms with Crippen LogP contribution in [0, 0.1) is 0 Å². The molecule has 19 heavy (non-hydrogen) atoms. The third-order valence-corrected chi connectivity index (χ3v) is 4.43. The normalized spacial score (nSPS) is 14.6. The van der Waals surface area contributed by atoms with Gasteiger partial charge in [-0.3, -0.25) is 0 Å². The van der Waals surface area contributed by atoms with Crippen molar-refractivity contribution in [3.05, 3.63) is 69.7 Å². The van der Waals surface area contributed by atoms with Crippen LogP contribution in [0.4, 0.5) is 0 Å². The second-order valence-electron chi connectivity index (χ2n) is 5.17. The first-order valence-electron chi connectivity index (χ1n) is 6.86. The van der Waals surface area contributed by atoms with Crippen LogP contribution in [0.25, 0.3) is 0 Å². The maximum absolute atomic E-state index is 3.59. The van der Waals surface area contributed by atoms with E-state index in [0.29, 0.717) is 0 Å². The van der Waals surface area contributed by atoms with Crippen LogP contribution >= 0.6 is 15.9 Å². The van der Waals surface area contributed by atoms with Crippen molar-refractivity contribution in [3.8, 4) is 0 Å². The summed E-state index contributed by atoms with van der Waals surface area (Å²) in [6.45, 7) is 1.86. The molecule has 0 radical (unpaired) electrons. The molecule has 0 unspecified atom stereocenters. The van der Waals surface area contributed by atoms with Crippen LogP contribution in [0.15, 0.2) is 53.0 Å². The number of benzene rings is 2. The predicted molar refractivity (Wildman–Crippen MR) is 83.1 cm³/mol. The molecule has 1 aliphatic carbocycles. The highest BCUT2D eigenvalue weighted by Gasteiger charge is 2.25. The van der Waals surface area contributed by atoms with Crippen molar-refractivity contribution in [2.24, 2.45) is 0 Å². The Labute approximate surface area is 123 Å². The highest BCUT2D eigenvalue weighted by Crippen LogP contribution is 2.41. The molecule has 0 aliphatic heterocycles. The van der Waals surface area contributed by atoms with Gasteiger partial charge in [-0.25, -0.2) is 0 Å². The summed E-state index contributed by atoms with van der Waals surface area (Å²) >= 11 is 3.59. The van der Waals surface area contributed by atoms with Gasteiger partial charge in [0.05, 0.1) is 0 Å². The highest BCUT2D eigenvalue weighted by atomic mass is 79.9. The third kappa shape index (κ3) is 3.26. The van der Waals surface area contributed by atoms with E-state index < -0.39 is 0 Å². The summed E-state index contributed by atoms with van der Waals surface area (Å²) in [4.78, 5) is 0. The van der Waals surface area contributed by atoms with E-state index in [1.165, 1.54) is 28.4 Å².